The number of hydrogen-bond donors (Lipinski definition) is 0. The summed E-state index contributed by atoms with van der Waals surface area (Å²) in [7, 11) is 1.44. The Kier molecular flexibility index (Phi) is 3.01. The van der Waals surface area contributed by atoms with Crippen LogP contribution in [0.4, 0.5) is 0 Å². The third-order valence-corrected chi connectivity index (χ3v) is 2.79. The number of nitrogens with zero attached hydrogens (tertiary/aromatic N) is 1. The molecule has 1 amide bonds. The first-order valence-electron chi connectivity index (χ1n) is 5.10. The minimum atomic E-state index is -0.596. The van der Waals surface area contributed by atoms with Crippen molar-refractivity contribution in [2.45, 2.75) is 18.7 Å². The fourth-order valence-corrected chi connectivity index (χ4v) is 1.89. The van der Waals surface area contributed by atoms with E-state index in [0.717, 1.165) is 11.8 Å². The van der Waals surface area contributed by atoms with Gasteiger partial charge in [-0.05, 0) is 5.56 Å². The maximum Gasteiger partial charge on any atom is 0.255 e. The Morgan fingerprint density at radius 2 is 2.06 bits per heavy atom. The predicted octanol–water partition coefficient (Wildman–Crippen LogP) is 0.611. The molecule has 1 fully saturated rings. The lowest BCUT2D eigenvalue weighted by Crippen LogP contribution is -2.65. The van der Waals surface area contributed by atoms with Crippen molar-refractivity contribution in [3.8, 4) is 0 Å². The summed E-state index contributed by atoms with van der Waals surface area (Å²) in [6.45, 7) is 0.461. The first-order valence-corrected chi connectivity index (χ1v) is 5.10. The van der Waals surface area contributed by atoms with E-state index in [2.05, 4.69) is 0 Å². The molecule has 0 N–H and O–H groups in total. The van der Waals surface area contributed by atoms with E-state index < -0.39 is 12.1 Å². The quantitative estimate of drug-likeness (QED) is 0.550. The lowest BCUT2D eigenvalue weighted by molar-refractivity contribution is -0.172. The Bertz CT molecular complexity index is 391. The van der Waals surface area contributed by atoms with Gasteiger partial charge in [-0.1, -0.05) is 30.3 Å². The van der Waals surface area contributed by atoms with E-state index in [9.17, 15) is 9.59 Å². The third kappa shape index (κ3) is 1.72. The number of carbonyl (C=O) groups excluding carboxylic acids is 2. The van der Waals surface area contributed by atoms with E-state index in [4.69, 9.17) is 4.74 Å². The number of methoxy groups -OCH3 is 1. The lowest BCUT2D eigenvalue weighted by atomic mass is 9.98. The highest BCUT2D eigenvalue weighted by Crippen LogP contribution is 2.23. The highest BCUT2D eigenvalue weighted by molar-refractivity contribution is 5.95. The Balaban J connectivity index is 2.06. The zero-order valence-corrected chi connectivity index (χ0v) is 9.00. The molecule has 0 aromatic heterocycles. The summed E-state index contributed by atoms with van der Waals surface area (Å²) >= 11 is 0. The normalized spacial score (nSPS) is 24.1. The van der Waals surface area contributed by atoms with Crippen LogP contribution >= 0.6 is 0 Å². The molecule has 1 aromatic carbocycles. The van der Waals surface area contributed by atoms with Gasteiger partial charge in [-0.2, -0.15) is 0 Å². The number of benzene rings is 1. The van der Waals surface area contributed by atoms with Gasteiger partial charge in [0.2, 0.25) is 0 Å². The first kappa shape index (κ1) is 10.8. The van der Waals surface area contributed by atoms with Gasteiger partial charge < -0.3 is 14.4 Å². The van der Waals surface area contributed by atoms with Crippen molar-refractivity contribution in [2.24, 2.45) is 0 Å². The number of carbonyl (C=O) groups is 2. The second-order valence-corrected chi connectivity index (χ2v) is 3.73. The van der Waals surface area contributed by atoms with E-state index in [0.29, 0.717) is 6.54 Å². The minimum Gasteiger partial charge on any atom is -0.369 e. The van der Waals surface area contributed by atoms with Crippen molar-refractivity contribution in [2.75, 3.05) is 7.11 Å². The van der Waals surface area contributed by atoms with Gasteiger partial charge in [-0.15, -0.1) is 0 Å². The van der Waals surface area contributed by atoms with Gasteiger partial charge in [-0.3, -0.25) is 4.79 Å². The molecule has 0 unspecified atom stereocenters. The van der Waals surface area contributed by atoms with E-state index in [-0.39, 0.29) is 5.91 Å². The second-order valence-electron chi connectivity index (χ2n) is 3.73. The fourth-order valence-electron chi connectivity index (χ4n) is 1.89. The third-order valence-electron chi connectivity index (χ3n) is 2.79. The maximum atomic E-state index is 11.6. The average molecular weight is 219 g/mol. The molecule has 84 valence electrons. The van der Waals surface area contributed by atoms with Crippen LogP contribution in [-0.4, -0.2) is 36.3 Å². The highest BCUT2D eigenvalue weighted by atomic mass is 16.5. The van der Waals surface area contributed by atoms with Crippen molar-refractivity contribution in [3.05, 3.63) is 35.9 Å². The van der Waals surface area contributed by atoms with E-state index >= 15 is 0 Å². The molecule has 1 saturated heterocycles. The molecule has 0 bridgehead atoms. The predicted molar refractivity (Wildman–Crippen MR) is 57.6 cm³/mol. The van der Waals surface area contributed by atoms with Gasteiger partial charge in [0, 0.05) is 13.7 Å². The molecule has 2 rings (SSSR count). The van der Waals surface area contributed by atoms with Crippen molar-refractivity contribution in [3.63, 3.8) is 0 Å². The molecule has 1 heterocycles. The number of likely N-dealkylation sites (tertiary alicyclic amines) is 1. The summed E-state index contributed by atoms with van der Waals surface area (Å²) in [6.07, 6.45) is 0.166. The number of aldehydes is 1. The molecule has 0 spiro atoms. The zero-order chi connectivity index (χ0) is 11.5. The van der Waals surface area contributed by atoms with Crippen molar-refractivity contribution >= 4 is 12.2 Å². The fraction of sp³-hybridized carbons (Fsp3) is 0.333. The van der Waals surface area contributed by atoms with Crippen LogP contribution in [0.3, 0.4) is 0 Å². The summed E-state index contributed by atoms with van der Waals surface area (Å²) in [5, 5.41) is 0. The summed E-state index contributed by atoms with van der Waals surface area (Å²) in [5.41, 5.74) is 1.01. The van der Waals surface area contributed by atoms with Crippen LogP contribution in [-0.2, 0) is 20.9 Å². The zero-order valence-electron chi connectivity index (χ0n) is 9.00. The van der Waals surface area contributed by atoms with Crippen molar-refractivity contribution in [1.29, 1.82) is 0 Å². The van der Waals surface area contributed by atoms with Crippen LogP contribution in [0, 0.1) is 0 Å². The standard InChI is InChI=1S/C12H13NO3/c1-16-11-10(8-14)13(12(11)15)7-9-5-3-2-4-6-9/h2-6,8,10-11H,7H2,1H3/t10-,11-/m1/s1. The second kappa shape index (κ2) is 4.45. The largest absolute Gasteiger partial charge is 0.369 e. The molecular formula is C12H13NO3. The van der Waals surface area contributed by atoms with Crippen LogP contribution in [0.15, 0.2) is 30.3 Å². The molecule has 4 heteroatoms. The minimum absolute atomic E-state index is 0.122. The van der Waals surface area contributed by atoms with Gasteiger partial charge in [0.15, 0.2) is 6.10 Å². The molecule has 4 nitrogen and oxygen atoms in total. The van der Waals surface area contributed by atoms with Crippen molar-refractivity contribution in [1.82, 2.24) is 4.90 Å². The molecular weight excluding hydrogens is 206 g/mol. The number of amides is 1. The molecule has 0 aliphatic carbocycles. The molecule has 16 heavy (non-hydrogen) atoms. The summed E-state index contributed by atoms with van der Waals surface area (Å²) in [4.78, 5) is 24.0. The van der Waals surface area contributed by atoms with E-state index in [1.54, 1.807) is 0 Å². The van der Waals surface area contributed by atoms with Gasteiger partial charge in [0.1, 0.15) is 12.3 Å². The first-order chi connectivity index (χ1) is 7.77. The monoisotopic (exact) mass is 219 g/mol. The molecule has 1 aromatic rings. The van der Waals surface area contributed by atoms with Crippen LogP contribution in [0.5, 0.6) is 0 Å². The lowest BCUT2D eigenvalue weighted by Gasteiger charge is -2.43. The van der Waals surface area contributed by atoms with E-state index in [1.165, 1.54) is 12.0 Å². The summed E-state index contributed by atoms with van der Waals surface area (Å²) in [6, 6.07) is 9.13. The van der Waals surface area contributed by atoms with Gasteiger partial charge in [0.05, 0.1) is 0 Å². The summed E-state index contributed by atoms with van der Waals surface area (Å²) in [5.74, 6) is -0.122. The van der Waals surface area contributed by atoms with Crippen molar-refractivity contribution < 1.29 is 14.3 Å². The maximum absolute atomic E-state index is 11.6. The summed E-state index contributed by atoms with van der Waals surface area (Å²) < 4.78 is 4.95. The van der Waals surface area contributed by atoms with Gasteiger partial charge >= 0.3 is 0 Å². The topological polar surface area (TPSA) is 46.6 Å². The highest BCUT2D eigenvalue weighted by Gasteiger charge is 2.47. The molecule has 2 atom stereocenters. The SMILES string of the molecule is CO[C@H]1C(=O)N(Cc2ccccc2)[C@@H]1C=O. The van der Waals surface area contributed by atoms with Gasteiger partial charge in [0.25, 0.3) is 5.91 Å². The molecule has 1 aliphatic heterocycles. The molecule has 0 radical (unpaired) electrons. The Labute approximate surface area is 93.8 Å². The van der Waals surface area contributed by atoms with Crippen LogP contribution in [0.1, 0.15) is 5.56 Å². The van der Waals surface area contributed by atoms with Gasteiger partial charge in [-0.25, -0.2) is 0 Å². The number of β-lactam (4-membered cyclic amide) rings is 1. The number of rotatable bonds is 4. The van der Waals surface area contributed by atoms with Crippen LogP contribution in [0.25, 0.3) is 0 Å². The average Bonchev–Trinajstić information content (AvgIpc) is 2.33. The number of ether oxygens (including phenoxy) is 1. The smallest absolute Gasteiger partial charge is 0.255 e. The Hall–Kier alpha value is -1.68. The Morgan fingerprint density at radius 1 is 1.38 bits per heavy atom. The Morgan fingerprint density at radius 3 is 2.62 bits per heavy atom. The van der Waals surface area contributed by atoms with Crippen LogP contribution < -0.4 is 0 Å². The molecule has 1 aliphatic rings. The molecule has 0 saturated carbocycles. The van der Waals surface area contributed by atoms with Crippen LogP contribution in [0.2, 0.25) is 0 Å². The number of hydrogen-bond acceptors (Lipinski definition) is 3. The van der Waals surface area contributed by atoms with E-state index in [1.807, 2.05) is 30.3 Å².